The molecule has 0 radical (unpaired) electrons. The summed E-state index contributed by atoms with van der Waals surface area (Å²) in [7, 11) is -2.87. The largest absolute Gasteiger partial charge is 0.692 e. The van der Waals surface area contributed by atoms with Gasteiger partial charge >= 0.3 is 8.25 Å². The molecular weight excluding hydrogens is 143 g/mol. The highest BCUT2D eigenvalue weighted by Gasteiger charge is 1.93. The van der Waals surface area contributed by atoms with E-state index in [9.17, 15) is 4.79 Å². The second-order valence-corrected chi connectivity index (χ2v) is 2.14. The van der Waals surface area contributed by atoms with Crippen LogP contribution in [0.2, 0.25) is 0 Å². The molecule has 0 unspecified atom stereocenters. The first-order valence-corrected chi connectivity index (χ1v) is 3.47. The van der Waals surface area contributed by atoms with Crippen LogP contribution in [0.3, 0.4) is 0 Å². The van der Waals surface area contributed by atoms with E-state index in [1.807, 2.05) is 13.8 Å². The molecule has 0 aliphatic heterocycles. The summed E-state index contributed by atoms with van der Waals surface area (Å²) in [4.78, 5) is 23.7. The van der Waals surface area contributed by atoms with E-state index in [1.54, 1.807) is 0 Å². The van der Waals surface area contributed by atoms with E-state index in [0.29, 0.717) is 0 Å². The van der Waals surface area contributed by atoms with E-state index in [2.05, 4.69) is 0 Å². The van der Waals surface area contributed by atoms with Gasteiger partial charge in [0.05, 0.1) is 0 Å². The van der Waals surface area contributed by atoms with Crippen molar-refractivity contribution in [3.8, 4) is 0 Å². The normalized spacial score (nSPS) is 7.67. The number of hydrogen-bond donors (Lipinski definition) is 2. The summed E-state index contributed by atoms with van der Waals surface area (Å²) in [5.41, 5.74) is 0. The van der Waals surface area contributed by atoms with Crippen molar-refractivity contribution in [3.63, 3.8) is 0 Å². The standard InChI is InChI=1S/C4H8O.HO3P/c1-4(2)3-5;1-4(2)3/h3-4H,1-2H3;(H-,1,2,3)/p+1. The van der Waals surface area contributed by atoms with Crippen molar-refractivity contribution in [2.75, 3.05) is 0 Å². The van der Waals surface area contributed by atoms with Gasteiger partial charge in [-0.2, -0.15) is 0 Å². The molecular formula is C4H10O4P+. The topological polar surface area (TPSA) is 74.6 Å². The van der Waals surface area contributed by atoms with E-state index in [0.717, 1.165) is 6.29 Å². The first kappa shape index (κ1) is 11.5. The molecule has 54 valence electrons. The molecule has 4 nitrogen and oxygen atoms in total. The van der Waals surface area contributed by atoms with Crippen LogP contribution in [0.25, 0.3) is 0 Å². The molecule has 0 spiro atoms. The van der Waals surface area contributed by atoms with Gasteiger partial charge in [-0.05, 0) is 0 Å². The maximum atomic E-state index is 9.50. The minimum Gasteiger partial charge on any atom is -0.303 e. The quantitative estimate of drug-likeness (QED) is 0.424. The molecule has 0 atom stereocenters. The van der Waals surface area contributed by atoms with Crippen molar-refractivity contribution >= 4 is 14.5 Å². The van der Waals surface area contributed by atoms with Gasteiger partial charge in [0, 0.05) is 10.5 Å². The third kappa shape index (κ3) is 87.2. The lowest BCUT2D eigenvalue weighted by molar-refractivity contribution is -0.110. The second-order valence-electron chi connectivity index (χ2n) is 1.63. The van der Waals surface area contributed by atoms with Crippen LogP contribution in [-0.4, -0.2) is 16.1 Å². The predicted molar refractivity (Wildman–Crippen MR) is 32.9 cm³/mol. The van der Waals surface area contributed by atoms with Crippen molar-refractivity contribution < 1.29 is 19.1 Å². The summed E-state index contributed by atoms with van der Waals surface area (Å²) in [5, 5.41) is 0. The maximum absolute atomic E-state index is 9.50. The smallest absolute Gasteiger partial charge is 0.303 e. The van der Waals surface area contributed by atoms with E-state index < -0.39 is 8.25 Å². The van der Waals surface area contributed by atoms with Crippen LogP contribution in [0.15, 0.2) is 0 Å². The van der Waals surface area contributed by atoms with E-state index in [4.69, 9.17) is 14.4 Å². The van der Waals surface area contributed by atoms with Crippen molar-refractivity contribution in [3.05, 3.63) is 0 Å². The Morgan fingerprint density at radius 2 is 1.56 bits per heavy atom. The lowest BCUT2D eigenvalue weighted by atomic mass is 10.3. The Morgan fingerprint density at radius 1 is 1.44 bits per heavy atom. The van der Waals surface area contributed by atoms with Crippen LogP contribution in [0.4, 0.5) is 0 Å². The van der Waals surface area contributed by atoms with Crippen LogP contribution in [0, 0.1) is 5.92 Å². The van der Waals surface area contributed by atoms with Gasteiger partial charge in [-0.15, -0.1) is 9.79 Å². The fourth-order valence-corrected chi connectivity index (χ4v) is 0. The van der Waals surface area contributed by atoms with E-state index in [-0.39, 0.29) is 5.92 Å². The second kappa shape index (κ2) is 7.69. The Kier molecular flexibility index (Phi) is 9.81. The molecule has 9 heavy (non-hydrogen) atoms. The third-order valence-corrected chi connectivity index (χ3v) is 0.272. The summed E-state index contributed by atoms with van der Waals surface area (Å²) in [6, 6.07) is 0. The number of carbonyl (C=O) groups excluding carboxylic acids is 1. The molecule has 2 N–H and O–H groups in total. The zero-order chi connectivity index (χ0) is 7.86. The highest BCUT2D eigenvalue weighted by molar-refractivity contribution is 7.30. The molecule has 0 saturated carbocycles. The Labute approximate surface area is 54.5 Å². The monoisotopic (exact) mass is 153 g/mol. The van der Waals surface area contributed by atoms with Crippen LogP contribution in [0.5, 0.6) is 0 Å². The average Bonchev–Trinajstić information content (AvgIpc) is 1.65. The van der Waals surface area contributed by atoms with Gasteiger partial charge in [0.1, 0.15) is 6.29 Å². The van der Waals surface area contributed by atoms with Gasteiger partial charge in [-0.1, -0.05) is 13.8 Å². The van der Waals surface area contributed by atoms with Crippen LogP contribution < -0.4 is 0 Å². The summed E-state index contributed by atoms with van der Waals surface area (Å²) < 4.78 is 8.70. The molecule has 0 fully saturated rings. The molecule has 0 aliphatic rings. The minimum atomic E-state index is -2.87. The Balaban J connectivity index is 0. The maximum Gasteiger partial charge on any atom is 0.692 e. The minimum absolute atomic E-state index is 0.204. The van der Waals surface area contributed by atoms with Crippen LogP contribution in [0.1, 0.15) is 13.8 Å². The summed E-state index contributed by atoms with van der Waals surface area (Å²) in [6.07, 6.45) is 0.917. The number of hydrogen-bond acceptors (Lipinski definition) is 2. The van der Waals surface area contributed by atoms with Crippen molar-refractivity contribution in [1.29, 1.82) is 0 Å². The lowest BCUT2D eigenvalue weighted by Crippen LogP contribution is -1.82. The van der Waals surface area contributed by atoms with Crippen molar-refractivity contribution in [1.82, 2.24) is 0 Å². The number of aldehydes is 1. The van der Waals surface area contributed by atoms with Gasteiger partial charge in [0.2, 0.25) is 0 Å². The number of carbonyl (C=O) groups is 1. The molecule has 0 aliphatic carbocycles. The fraction of sp³-hybridized carbons (Fsp3) is 0.750. The van der Waals surface area contributed by atoms with Gasteiger partial charge in [-0.3, -0.25) is 0 Å². The summed E-state index contributed by atoms with van der Waals surface area (Å²) >= 11 is 0. The van der Waals surface area contributed by atoms with Gasteiger partial charge in [0.15, 0.2) is 0 Å². The number of rotatable bonds is 1. The first-order chi connectivity index (χ1) is 4.00. The molecule has 0 aromatic carbocycles. The Bertz CT molecular complexity index is 86.6. The first-order valence-electron chi connectivity index (χ1n) is 2.31. The molecule has 0 rings (SSSR count). The Morgan fingerprint density at radius 3 is 1.56 bits per heavy atom. The highest BCUT2D eigenvalue weighted by Crippen LogP contribution is 1.98. The molecule has 0 bridgehead atoms. The Hall–Kier alpha value is -0.310. The third-order valence-electron chi connectivity index (χ3n) is 0.272. The van der Waals surface area contributed by atoms with Crippen LogP contribution >= 0.6 is 8.25 Å². The molecule has 0 aromatic rings. The molecule has 0 saturated heterocycles. The lowest BCUT2D eigenvalue weighted by Gasteiger charge is -1.78. The summed E-state index contributed by atoms with van der Waals surface area (Å²) in [6.45, 7) is 3.71. The van der Waals surface area contributed by atoms with Crippen LogP contribution in [-0.2, 0) is 9.36 Å². The van der Waals surface area contributed by atoms with Gasteiger partial charge in [-0.25, -0.2) is 0 Å². The molecule has 0 aromatic heterocycles. The zero-order valence-electron chi connectivity index (χ0n) is 5.31. The van der Waals surface area contributed by atoms with E-state index >= 15 is 0 Å². The van der Waals surface area contributed by atoms with Crippen molar-refractivity contribution in [2.24, 2.45) is 5.92 Å². The van der Waals surface area contributed by atoms with Crippen molar-refractivity contribution in [2.45, 2.75) is 13.8 Å². The average molecular weight is 153 g/mol. The summed E-state index contributed by atoms with van der Waals surface area (Å²) in [5.74, 6) is 0.204. The molecule has 0 heterocycles. The SMILES string of the molecule is CC(C)C=O.O=[P+](O)O. The fourth-order valence-electron chi connectivity index (χ4n) is 0. The van der Waals surface area contributed by atoms with E-state index in [1.165, 1.54) is 0 Å². The predicted octanol–water partition coefficient (Wildman–Crippen LogP) is 0.470. The van der Waals surface area contributed by atoms with Gasteiger partial charge < -0.3 is 4.79 Å². The molecule has 5 heteroatoms. The molecule has 0 amide bonds. The van der Waals surface area contributed by atoms with Gasteiger partial charge in [0.25, 0.3) is 0 Å². The highest BCUT2D eigenvalue weighted by atomic mass is 31.1. The zero-order valence-corrected chi connectivity index (χ0v) is 6.21.